The molecule has 4 rings (SSSR count). The number of carbonyl (C=O) groups is 4. The molecule has 0 atom stereocenters. The largest absolute Gasteiger partial charge is 0.349 e. The second-order valence-corrected chi connectivity index (χ2v) is 8.35. The van der Waals surface area contributed by atoms with Gasteiger partial charge in [-0.3, -0.25) is 24.1 Å². The van der Waals surface area contributed by atoms with Crippen molar-refractivity contribution in [2.45, 2.75) is 38.8 Å². The second-order valence-electron chi connectivity index (χ2n) is 8.35. The fourth-order valence-corrected chi connectivity index (χ4v) is 4.18. The molecule has 0 bridgehead atoms. The summed E-state index contributed by atoms with van der Waals surface area (Å²) in [5.74, 6) is -1.99. The zero-order valence-electron chi connectivity index (χ0n) is 17.9. The van der Waals surface area contributed by atoms with Gasteiger partial charge in [0.2, 0.25) is 0 Å². The minimum Gasteiger partial charge on any atom is -0.349 e. The van der Waals surface area contributed by atoms with Crippen molar-refractivity contribution in [2.24, 2.45) is 0 Å². The van der Waals surface area contributed by atoms with Crippen molar-refractivity contribution in [3.63, 3.8) is 0 Å². The summed E-state index contributed by atoms with van der Waals surface area (Å²) in [4.78, 5) is 53.2. The van der Waals surface area contributed by atoms with E-state index in [1.54, 1.807) is 30.9 Å². The van der Waals surface area contributed by atoms with Crippen LogP contribution in [-0.2, 0) is 0 Å². The molecule has 4 amide bonds. The summed E-state index contributed by atoms with van der Waals surface area (Å²) in [5.41, 5.74) is 0.916. The molecule has 32 heavy (non-hydrogen) atoms. The van der Waals surface area contributed by atoms with Gasteiger partial charge in [-0.15, -0.1) is 0 Å². The first-order chi connectivity index (χ1) is 15.3. The highest BCUT2D eigenvalue weighted by Gasteiger charge is 2.38. The van der Waals surface area contributed by atoms with Crippen LogP contribution in [0.5, 0.6) is 0 Å². The van der Waals surface area contributed by atoms with E-state index in [0.717, 1.165) is 0 Å². The highest BCUT2D eigenvalue weighted by molar-refractivity contribution is 6.22. The zero-order valence-corrected chi connectivity index (χ0v) is 17.9. The molecule has 0 aliphatic carbocycles. The van der Waals surface area contributed by atoms with E-state index in [1.165, 1.54) is 35.2 Å². The Morgan fingerprint density at radius 3 is 2.31 bits per heavy atom. The van der Waals surface area contributed by atoms with Gasteiger partial charge in [0.15, 0.2) is 0 Å². The number of fused-ring (bicyclic) bond motifs is 1. The summed E-state index contributed by atoms with van der Waals surface area (Å²) in [6, 6.07) is 9.98. The van der Waals surface area contributed by atoms with E-state index in [-0.39, 0.29) is 40.9 Å². The number of carbonyl (C=O) groups excluding carboxylic acids is 4. The number of hydrogen-bond acceptors (Lipinski definition) is 4. The molecule has 0 radical (unpaired) electrons. The Morgan fingerprint density at radius 2 is 1.66 bits per heavy atom. The number of amides is 4. The SMILES string of the molecule is CC(C)N1C(=O)c2ccc(C(=O)N3CCC(NC(=O)c4ccccc4F)CC3)cc2C1=O. The van der Waals surface area contributed by atoms with E-state index >= 15 is 0 Å². The summed E-state index contributed by atoms with van der Waals surface area (Å²) in [7, 11) is 0. The molecule has 1 fully saturated rings. The van der Waals surface area contributed by atoms with Crippen molar-refractivity contribution < 1.29 is 23.6 Å². The summed E-state index contributed by atoms with van der Waals surface area (Å²) >= 11 is 0. The van der Waals surface area contributed by atoms with E-state index in [4.69, 9.17) is 0 Å². The van der Waals surface area contributed by atoms with Gasteiger partial charge >= 0.3 is 0 Å². The predicted octanol–water partition coefficient (Wildman–Crippen LogP) is 2.86. The van der Waals surface area contributed by atoms with Gasteiger partial charge in [0.05, 0.1) is 16.7 Å². The van der Waals surface area contributed by atoms with Gasteiger partial charge in [-0.25, -0.2) is 4.39 Å². The number of imide groups is 1. The second kappa shape index (κ2) is 8.53. The molecule has 2 aromatic rings. The predicted molar refractivity (Wildman–Crippen MR) is 115 cm³/mol. The van der Waals surface area contributed by atoms with Gasteiger partial charge in [0.25, 0.3) is 23.6 Å². The Hall–Kier alpha value is -3.55. The Morgan fingerprint density at radius 1 is 1.00 bits per heavy atom. The van der Waals surface area contributed by atoms with Gasteiger partial charge in [0.1, 0.15) is 5.82 Å². The van der Waals surface area contributed by atoms with Crippen LogP contribution in [0.3, 0.4) is 0 Å². The van der Waals surface area contributed by atoms with E-state index in [1.807, 2.05) is 0 Å². The van der Waals surface area contributed by atoms with Crippen molar-refractivity contribution >= 4 is 23.6 Å². The van der Waals surface area contributed by atoms with E-state index < -0.39 is 11.7 Å². The number of hydrogen-bond donors (Lipinski definition) is 1. The fraction of sp³-hybridized carbons (Fsp3) is 0.333. The highest BCUT2D eigenvalue weighted by Crippen LogP contribution is 2.26. The molecule has 7 nitrogen and oxygen atoms in total. The number of rotatable bonds is 4. The van der Waals surface area contributed by atoms with Gasteiger partial charge in [-0.2, -0.15) is 0 Å². The first-order valence-corrected chi connectivity index (χ1v) is 10.6. The van der Waals surface area contributed by atoms with E-state index in [0.29, 0.717) is 37.1 Å². The third-order valence-electron chi connectivity index (χ3n) is 5.92. The summed E-state index contributed by atoms with van der Waals surface area (Å²) in [6.45, 7) is 4.37. The van der Waals surface area contributed by atoms with Crippen molar-refractivity contribution in [1.82, 2.24) is 15.1 Å². The smallest absolute Gasteiger partial charge is 0.261 e. The molecule has 0 saturated carbocycles. The number of nitrogens with zero attached hydrogens (tertiary/aromatic N) is 2. The molecule has 1 saturated heterocycles. The Balaban J connectivity index is 1.39. The molecule has 166 valence electrons. The molecule has 0 unspecified atom stereocenters. The van der Waals surface area contributed by atoms with Crippen LogP contribution in [0.25, 0.3) is 0 Å². The van der Waals surface area contributed by atoms with Crippen LogP contribution in [-0.4, -0.2) is 58.6 Å². The molecule has 1 N–H and O–H groups in total. The lowest BCUT2D eigenvalue weighted by Gasteiger charge is -2.32. The topological polar surface area (TPSA) is 86.8 Å². The van der Waals surface area contributed by atoms with Crippen LogP contribution in [0.4, 0.5) is 4.39 Å². The molecule has 0 spiro atoms. The quantitative estimate of drug-likeness (QED) is 0.746. The van der Waals surface area contributed by atoms with Crippen LogP contribution in [0.1, 0.15) is 68.1 Å². The number of likely N-dealkylation sites (tertiary alicyclic amines) is 1. The van der Waals surface area contributed by atoms with Crippen LogP contribution >= 0.6 is 0 Å². The standard InChI is InChI=1S/C24H24FN3O4/c1-14(2)28-23(31)17-8-7-15(13-19(17)24(28)32)22(30)27-11-9-16(10-12-27)26-21(29)18-5-3-4-6-20(18)25/h3-8,13-14,16H,9-12H2,1-2H3,(H,26,29). The minimum atomic E-state index is -0.571. The maximum Gasteiger partial charge on any atom is 0.261 e. The molecular formula is C24H24FN3O4. The molecular weight excluding hydrogens is 413 g/mol. The molecule has 2 aromatic carbocycles. The first-order valence-electron chi connectivity index (χ1n) is 10.6. The van der Waals surface area contributed by atoms with Gasteiger partial charge < -0.3 is 10.2 Å². The van der Waals surface area contributed by atoms with Crippen LogP contribution in [0, 0.1) is 5.82 Å². The number of halogens is 1. The van der Waals surface area contributed by atoms with Crippen LogP contribution in [0.15, 0.2) is 42.5 Å². The Labute approximate surface area is 185 Å². The minimum absolute atomic E-state index is 0.00111. The Bertz CT molecular complexity index is 1110. The molecule has 2 aliphatic heterocycles. The monoisotopic (exact) mass is 437 g/mol. The lowest BCUT2D eigenvalue weighted by Crippen LogP contribution is -2.46. The van der Waals surface area contributed by atoms with Crippen molar-refractivity contribution in [2.75, 3.05) is 13.1 Å². The highest BCUT2D eigenvalue weighted by atomic mass is 19.1. The first kappa shape index (κ1) is 21.7. The Kier molecular flexibility index (Phi) is 5.78. The lowest BCUT2D eigenvalue weighted by molar-refractivity contribution is 0.0607. The van der Waals surface area contributed by atoms with Gasteiger partial charge in [-0.1, -0.05) is 12.1 Å². The van der Waals surface area contributed by atoms with Crippen molar-refractivity contribution in [1.29, 1.82) is 0 Å². The number of benzene rings is 2. The average molecular weight is 437 g/mol. The van der Waals surface area contributed by atoms with Gasteiger partial charge in [-0.05, 0) is 57.0 Å². The molecule has 2 aliphatic rings. The average Bonchev–Trinajstić information content (AvgIpc) is 3.03. The van der Waals surface area contributed by atoms with Crippen LogP contribution < -0.4 is 5.32 Å². The normalized spacial score (nSPS) is 16.5. The maximum atomic E-state index is 13.8. The molecule has 0 aromatic heterocycles. The maximum absolute atomic E-state index is 13.8. The van der Waals surface area contributed by atoms with Crippen molar-refractivity contribution in [3.8, 4) is 0 Å². The fourth-order valence-electron chi connectivity index (χ4n) is 4.18. The van der Waals surface area contributed by atoms with Crippen LogP contribution in [0.2, 0.25) is 0 Å². The third-order valence-corrected chi connectivity index (χ3v) is 5.92. The van der Waals surface area contributed by atoms with E-state index in [2.05, 4.69) is 5.32 Å². The summed E-state index contributed by atoms with van der Waals surface area (Å²) in [6.07, 6.45) is 1.07. The van der Waals surface area contributed by atoms with Gasteiger partial charge in [0, 0.05) is 30.7 Å². The van der Waals surface area contributed by atoms with E-state index in [9.17, 15) is 23.6 Å². The summed E-state index contributed by atoms with van der Waals surface area (Å²) in [5, 5.41) is 2.83. The third kappa shape index (κ3) is 3.88. The number of nitrogens with one attached hydrogen (secondary N) is 1. The molecule has 2 heterocycles. The lowest BCUT2D eigenvalue weighted by atomic mass is 10.0. The number of piperidine rings is 1. The van der Waals surface area contributed by atoms with Crippen molar-refractivity contribution in [3.05, 3.63) is 70.5 Å². The summed E-state index contributed by atoms with van der Waals surface area (Å²) < 4.78 is 13.8. The molecule has 8 heteroatoms. The zero-order chi connectivity index (χ0) is 23.0.